The van der Waals surface area contributed by atoms with Crippen LogP contribution in [-0.4, -0.2) is 22.0 Å². The molecule has 0 radical (unpaired) electrons. The third kappa shape index (κ3) is 1.89. The number of ether oxygens (including phenoxy) is 1. The lowest BCUT2D eigenvalue weighted by Gasteiger charge is -2.13. The molecule has 104 valence electrons. The fraction of sp³-hybridized carbons (Fsp3) is 0.286. The van der Waals surface area contributed by atoms with Gasteiger partial charge in [0.25, 0.3) is 0 Å². The van der Waals surface area contributed by atoms with E-state index in [4.69, 9.17) is 15.0 Å². The van der Waals surface area contributed by atoms with Crippen LogP contribution < -0.4 is 10.5 Å². The van der Waals surface area contributed by atoms with Gasteiger partial charge in [-0.05, 0) is 29.7 Å². The fourth-order valence-corrected chi connectivity index (χ4v) is 2.51. The number of anilines is 1. The zero-order valence-electron chi connectivity index (χ0n) is 11.5. The van der Waals surface area contributed by atoms with Crippen LogP contribution in [0.1, 0.15) is 18.1 Å². The van der Waals surface area contributed by atoms with E-state index in [-0.39, 0.29) is 0 Å². The molecule has 3 aromatic rings. The second-order valence-corrected chi connectivity index (χ2v) is 4.55. The predicted molar refractivity (Wildman–Crippen MR) is 75.7 cm³/mol. The summed E-state index contributed by atoms with van der Waals surface area (Å²) in [4.78, 5) is 0. The molecular formula is C14H16N4O2. The van der Waals surface area contributed by atoms with Crippen LogP contribution in [0.15, 0.2) is 29.0 Å². The number of hydrogen-bond donors (Lipinski definition) is 1. The van der Waals surface area contributed by atoms with Crippen molar-refractivity contribution in [2.45, 2.75) is 19.9 Å². The molecular weight excluding hydrogens is 256 g/mol. The van der Waals surface area contributed by atoms with E-state index in [0.717, 1.165) is 28.7 Å². The Morgan fingerprint density at radius 1 is 1.45 bits per heavy atom. The Hall–Kier alpha value is -2.50. The van der Waals surface area contributed by atoms with Crippen molar-refractivity contribution in [3.63, 3.8) is 0 Å². The van der Waals surface area contributed by atoms with Gasteiger partial charge in [-0.15, -0.1) is 0 Å². The molecule has 0 saturated heterocycles. The molecule has 2 aromatic heterocycles. The zero-order chi connectivity index (χ0) is 14.1. The summed E-state index contributed by atoms with van der Waals surface area (Å²) in [5, 5.41) is 8.79. The van der Waals surface area contributed by atoms with Gasteiger partial charge in [-0.2, -0.15) is 5.10 Å². The zero-order valence-corrected chi connectivity index (χ0v) is 11.5. The van der Waals surface area contributed by atoms with Gasteiger partial charge in [0, 0.05) is 12.4 Å². The summed E-state index contributed by atoms with van der Waals surface area (Å²) in [6, 6.07) is 3.86. The third-order valence-electron chi connectivity index (χ3n) is 3.39. The van der Waals surface area contributed by atoms with E-state index < -0.39 is 0 Å². The van der Waals surface area contributed by atoms with Crippen LogP contribution in [0.3, 0.4) is 0 Å². The molecule has 1 aromatic carbocycles. The molecule has 0 spiro atoms. The van der Waals surface area contributed by atoms with Crippen LogP contribution in [0.5, 0.6) is 5.75 Å². The second-order valence-electron chi connectivity index (χ2n) is 4.55. The number of rotatable bonds is 4. The monoisotopic (exact) mass is 272 g/mol. The smallest absolute Gasteiger partial charge is 0.178 e. The van der Waals surface area contributed by atoms with E-state index in [2.05, 4.69) is 17.2 Å². The molecule has 3 rings (SSSR count). The second kappa shape index (κ2) is 4.88. The summed E-state index contributed by atoms with van der Waals surface area (Å²) >= 11 is 0. The van der Waals surface area contributed by atoms with Gasteiger partial charge in [0.15, 0.2) is 11.4 Å². The maximum absolute atomic E-state index is 5.86. The highest BCUT2D eigenvalue weighted by Gasteiger charge is 2.18. The van der Waals surface area contributed by atoms with E-state index in [1.807, 2.05) is 23.0 Å². The summed E-state index contributed by atoms with van der Waals surface area (Å²) in [5.74, 6) is 1.10. The Morgan fingerprint density at radius 2 is 2.30 bits per heavy atom. The van der Waals surface area contributed by atoms with E-state index in [9.17, 15) is 0 Å². The third-order valence-corrected chi connectivity index (χ3v) is 3.39. The maximum atomic E-state index is 5.86. The summed E-state index contributed by atoms with van der Waals surface area (Å²) in [7, 11) is 1.64. The lowest BCUT2D eigenvalue weighted by molar-refractivity contribution is 0.413. The Balaban J connectivity index is 2.20. The Labute approximate surface area is 116 Å². The highest BCUT2D eigenvalue weighted by molar-refractivity contribution is 5.94. The van der Waals surface area contributed by atoms with E-state index in [1.54, 1.807) is 13.3 Å². The number of hydrogen-bond acceptors (Lipinski definition) is 5. The lowest BCUT2D eigenvalue weighted by Crippen LogP contribution is -2.05. The number of fused-ring (bicyclic) bond motifs is 1. The van der Waals surface area contributed by atoms with Crippen molar-refractivity contribution < 1.29 is 9.26 Å². The molecule has 6 heteroatoms. The number of nitrogen functional groups attached to an aromatic ring is 1. The molecule has 0 fully saturated rings. The van der Waals surface area contributed by atoms with Gasteiger partial charge < -0.3 is 15.0 Å². The standard InChI is InChI=1S/C14H16N4O2/c1-3-10-9(8-18-6-4-5-16-18)7-11-12(13(10)19-2)14(15)17-20-11/h4-7H,3,8H2,1-2H3,(H2,15,17). The molecule has 0 unspecified atom stereocenters. The van der Waals surface area contributed by atoms with Gasteiger partial charge in [-0.3, -0.25) is 4.68 Å². The molecule has 0 amide bonds. The molecule has 6 nitrogen and oxygen atoms in total. The van der Waals surface area contributed by atoms with Crippen LogP contribution in [0.2, 0.25) is 0 Å². The SMILES string of the molecule is CCc1c(Cn2cccn2)cc2onc(N)c2c1OC. The van der Waals surface area contributed by atoms with Crippen molar-refractivity contribution in [3.05, 3.63) is 35.7 Å². The number of benzene rings is 1. The van der Waals surface area contributed by atoms with Crippen molar-refractivity contribution >= 4 is 16.8 Å². The maximum Gasteiger partial charge on any atom is 0.178 e. The number of methoxy groups -OCH3 is 1. The Bertz CT molecular complexity index is 731. The van der Waals surface area contributed by atoms with Gasteiger partial charge in [-0.25, -0.2) is 0 Å². The van der Waals surface area contributed by atoms with Crippen molar-refractivity contribution in [2.24, 2.45) is 0 Å². The average molecular weight is 272 g/mol. The van der Waals surface area contributed by atoms with E-state index in [1.165, 1.54) is 0 Å². The molecule has 0 aliphatic carbocycles. The summed E-state index contributed by atoms with van der Waals surface area (Å²) in [6.45, 7) is 2.74. The van der Waals surface area contributed by atoms with Crippen LogP contribution in [0.4, 0.5) is 5.82 Å². The normalized spacial score (nSPS) is 11.1. The number of nitrogens with zero attached hydrogens (tertiary/aromatic N) is 3. The van der Waals surface area contributed by atoms with Crippen molar-refractivity contribution in [1.82, 2.24) is 14.9 Å². The minimum Gasteiger partial charge on any atom is -0.496 e. The molecule has 2 heterocycles. The fourth-order valence-electron chi connectivity index (χ4n) is 2.51. The number of aromatic nitrogens is 3. The van der Waals surface area contributed by atoms with E-state index in [0.29, 0.717) is 17.9 Å². The molecule has 0 saturated carbocycles. The molecule has 0 bridgehead atoms. The first-order chi connectivity index (χ1) is 9.74. The quantitative estimate of drug-likeness (QED) is 0.787. The first-order valence-electron chi connectivity index (χ1n) is 6.45. The molecule has 2 N–H and O–H groups in total. The topological polar surface area (TPSA) is 79.1 Å². The molecule has 20 heavy (non-hydrogen) atoms. The predicted octanol–water partition coefficient (Wildman–Crippen LogP) is 2.23. The minimum absolute atomic E-state index is 0.359. The highest BCUT2D eigenvalue weighted by atomic mass is 16.5. The van der Waals surface area contributed by atoms with Crippen molar-refractivity contribution in [1.29, 1.82) is 0 Å². The van der Waals surface area contributed by atoms with Gasteiger partial charge in [-0.1, -0.05) is 12.1 Å². The molecule has 0 aliphatic heterocycles. The van der Waals surface area contributed by atoms with Gasteiger partial charge >= 0.3 is 0 Å². The van der Waals surface area contributed by atoms with Crippen molar-refractivity contribution in [2.75, 3.05) is 12.8 Å². The largest absolute Gasteiger partial charge is 0.496 e. The number of nitrogens with two attached hydrogens (primary N) is 1. The first-order valence-corrected chi connectivity index (χ1v) is 6.45. The van der Waals surface area contributed by atoms with Crippen LogP contribution in [-0.2, 0) is 13.0 Å². The molecule has 0 aliphatic rings. The summed E-state index contributed by atoms with van der Waals surface area (Å²) < 4.78 is 12.7. The van der Waals surface area contributed by atoms with Crippen LogP contribution in [0.25, 0.3) is 11.0 Å². The van der Waals surface area contributed by atoms with Crippen LogP contribution >= 0.6 is 0 Å². The summed E-state index contributed by atoms with van der Waals surface area (Å²) in [6.07, 6.45) is 4.51. The van der Waals surface area contributed by atoms with Crippen LogP contribution in [0, 0.1) is 0 Å². The minimum atomic E-state index is 0.359. The van der Waals surface area contributed by atoms with Crippen molar-refractivity contribution in [3.8, 4) is 5.75 Å². The van der Waals surface area contributed by atoms with Gasteiger partial charge in [0.05, 0.1) is 13.7 Å². The van der Waals surface area contributed by atoms with Gasteiger partial charge in [0.2, 0.25) is 0 Å². The highest BCUT2D eigenvalue weighted by Crippen LogP contribution is 2.36. The average Bonchev–Trinajstić information content (AvgIpc) is 3.08. The lowest BCUT2D eigenvalue weighted by atomic mass is 10.0. The molecule has 0 atom stereocenters. The van der Waals surface area contributed by atoms with Gasteiger partial charge in [0.1, 0.15) is 11.1 Å². The van der Waals surface area contributed by atoms with E-state index >= 15 is 0 Å². The Kier molecular flexibility index (Phi) is 3.06. The summed E-state index contributed by atoms with van der Waals surface area (Å²) in [5.41, 5.74) is 8.69. The Morgan fingerprint density at radius 3 is 2.95 bits per heavy atom. The first kappa shape index (κ1) is 12.5.